The van der Waals surface area contributed by atoms with Crippen molar-refractivity contribution in [3.63, 3.8) is 0 Å². The monoisotopic (exact) mass is 1780 g/mol. The second kappa shape index (κ2) is 37.5. The molecule has 15 aromatic rings. The average Bonchev–Trinajstić information content (AvgIpc) is 1.64. The van der Waals surface area contributed by atoms with Crippen LogP contribution in [0.1, 0.15) is 85.6 Å². The molecule has 3 amide bonds. The summed E-state index contributed by atoms with van der Waals surface area (Å²) in [4.78, 5) is 81.9. The normalized spacial score (nSPS) is 11.6. The Hall–Kier alpha value is -11.6. The predicted molar refractivity (Wildman–Crippen MR) is 459 cm³/mol. The molecule has 22 nitrogen and oxygen atoms in total. The quantitative estimate of drug-likeness (QED) is 0.0280. The van der Waals surface area contributed by atoms with Gasteiger partial charge in [0.05, 0.1) is 111 Å². The smallest absolute Gasteiger partial charge is 0.416 e. The van der Waals surface area contributed by atoms with Crippen LogP contribution in [-0.4, -0.2) is 122 Å². The first-order chi connectivity index (χ1) is 56.9. The molecule has 1 unspecified atom stereocenters. The molecule has 0 fully saturated rings. The minimum atomic E-state index is -4.49. The maximum absolute atomic E-state index is 13.3. The second-order valence-corrected chi connectivity index (χ2v) is 32.0. The van der Waals surface area contributed by atoms with E-state index in [1.165, 1.54) is 28.7 Å². The van der Waals surface area contributed by atoms with Crippen molar-refractivity contribution in [2.24, 2.45) is 0 Å². The molecule has 0 aliphatic rings. The van der Waals surface area contributed by atoms with Gasteiger partial charge in [-0.1, -0.05) is 118 Å². The van der Waals surface area contributed by atoms with Crippen molar-refractivity contribution in [2.45, 2.75) is 51.5 Å². The number of amides is 3. The Bertz CT molecular complexity index is 6290. The number of hydrogen-bond acceptors (Lipinski definition) is 14. The number of aliphatic carboxylic acids is 3. The summed E-state index contributed by atoms with van der Waals surface area (Å²) in [7, 11) is 1.63. The Morgan fingerprint density at radius 2 is 0.891 bits per heavy atom. The topological polar surface area (TPSA) is 303 Å². The molecule has 6 heterocycles. The maximum Gasteiger partial charge on any atom is 0.416 e. The van der Waals surface area contributed by atoms with E-state index in [9.17, 15) is 41.9 Å². The Balaban J connectivity index is 0.000000155. The lowest BCUT2D eigenvalue weighted by atomic mass is 10.1. The zero-order valence-electron chi connectivity index (χ0n) is 62.2. The summed E-state index contributed by atoms with van der Waals surface area (Å²) in [6.45, 7) is 2.84. The molecule has 7 N–H and O–H groups in total. The van der Waals surface area contributed by atoms with Gasteiger partial charge in [0.2, 0.25) is 0 Å². The van der Waals surface area contributed by atoms with Crippen LogP contribution in [0.4, 0.5) is 13.2 Å². The molecule has 606 valence electrons. The number of halogens is 10. The molecule has 0 radical (unpaired) electrons. The van der Waals surface area contributed by atoms with Crippen molar-refractivity contribution >= 4 is 171 Å². The highest BCUT2D eigenvalue weighted by Crippen LogP contribution is 2.41. The van der Waals surface area contributed by atoms with Crippen molar-refractivity contribution in [1.29, 1.82) is 0 Å². The number of carboxylic acids is 3. The number of nitrogens with zero attached hydrogens (tertiary/aromatic N) is 8. The van der Waals surface area contributed by atoms with Gasteiger partial charge in [-0.15, -0.1) is 22.7 Å². The van der Waals surface area contributed by atoms with Crippen LogP contribution in [0.5, 0.6) is 5.75 Å². The highest BCUT2D eigenvalue weighted by Gasteiger charge is 2.32. The summed E-state index contributed by atoms with van der Waals surface area (Å²) in [5.74, 6) is -3.24. The standard InChI is InChI=1S/C29H23Cl3N4O3.C28H19Cl2F3N4O3S.C28H22Cl2N4O4S/c1-16(17-2-4-18(5-3-17)29(39)33-9-8-28(37)38)36-27(26-13-20-10-21(30)6-7-24(20)34-26)15-25(35-36)19-11-22(31)14-23(32)12-19;29-19-9-17(10-20(30)12-19)21-13-23(27-35-22-11-18(28(31,32)33)5-6-24(22)41-27)37(36-21)14-15-1-3-16(4-2-15)26(40)34-8-7-25(38)39;1-38-21-6-7-22-25(13-21)39-28(32-22)24-14-23(18-10-19(29)12-20(30)11-18)33-34(24)15-16-2-4-17(5-3-16)27(37)31-9-8-26(35)36/h2-7,10-16,34H,8-9H2,1H3,(H,33,39)(H,37,38);1-6,9-13H,7-8,14H2,(H,34,40)(H,38,39);2-7,10-14H,8-9,15H2,1H3,(H,31,37)(H,35,36). The van der Waals surface area contributed by atoms with Gasteiger partial charge in [-0.3, -0.25) is 42.8 Å². The predicted octanol–water partition coefficient (Wildman–Crippen LogP) is 21.3. The number of alkyl halides is 3. The number of fused-ring (bicyclic) bond motifs is 3. The molecule has 0 saturated carbocycles. The fourth-order valence-corrected chi connectivity index (χ4v) is 16.3. The van der Waals surface area contributed by atoms with Gasteiger partial charge in [-0.05, 0) is 193 Å². The van der Waals surface area contributed by atoms with E-state index in [1.807, 2.05) is 119 Å². The summed E-state index contributed by atoms with van der Waals surface area (Å²) in [6, 6.07) is 59.0. The Kier molecular flexibility index (Phi) is 26.9. The van der Waals surface area contributed by atoms with Gasteiger partial charge in [0.25, 0.3) is 17.7 Å². The van der Waals surface area contributed by atoms with Gasteiger partial charge < -0.3 is 41.0 Å². The van der Waals surface area contributed by atoms with E-state index in [0.717, 1.165) is 88.9 Å². The van der Waals surface area contributed by atoms with Gasteiger partial charge in [0.1, 0.15) is 15.8 Å². The number of carbonyl (C=O) groups excluding carboxylic acids is 3. The minimum absolute atomic E-state index is 0.00942. The van der Waals surface area contributed by atoms with Crippen LogP contribution < -0.4 is 20.7 Å². The molecular formula is C85H64Cl7F3N12O10S2. The Labute approximate surface area is 718 Å². The highest BCUT2D eigenvalue weighted by molar-refractivity contribution is 7.22. The number of nitrogens with one attached hydrogen (secondary N) is 4. The van der Waals surface area contributed by atoms with Crippen molar-refractivity contribution in [3.05, 3.63) is 280 Å². The second-order valence-electron chi connectivity index (χ2n) is 26.8. The van der Waals surface area contributed by atoms with Crippen LogP contribution in [0.25, 0.3) is 97.9 Å². The molecule has 1 atom stereocenters. The first kappa shape index (κ1) is 85.3. The molecule has 0 bridgehead atoms. The molecular weight excluding hydrogens is 1720 g/mol. The average molecular weight is 1780 g/mol. The molecule has 6 aromatic heterocycles. The third-order valence-electron chi connectivity index (χ3n) is 18.4. The number of carboxylic acid groups (broad SMARTS) is 3. The lowest BCUT2D eigenvalue weighted by Crippen LogP contribution is -2.26. The number of benzene rings is 9. The van der Waals surface area contributed by atoms with Crippen LogP contribution in [0, 0.1) is 0 Å². The zero-order chi connectivity index (χ0) is 84.5. The molecule has 0 spiro atoms. The van der Waals surface area contributed by atoms with E-state index < -0.39 is 35.6 Å². The lowest BCUT2D eigenvalue weighted by molar-refractivity contribution is -0.138. The lowest BCUT2D eigenvalue weighted by Gasteiger charge is -2.16. The number of aromatic nitrogens is 9. The number of thiazole rings is 2. The van der Waals surface area contributed by atoms with Crippen LogP contribution >= 0.6 is 104 Å². The van der Waals surface area contributed by atoms with E-state index in [4.69, 9.17) is 122 Å². The number of ether oxygens (including phenoxy) is 1. The maximum atomic E-state index is 13.3. The number of hydrogen-bond donors (Lipinski definition) is 7. The van der Waals surface area contributed by atoms with Crippen molar-refractivity contribution in [2.75, 3.05) is 26.7 Å². The number of H-pyrrole nitrogens is 1. The van der Waals surface area contributed by atoms with E-state index in [2.05, 4.69) is 25.9 Å². The largest absolute Gasteiger partial charge is 0.497 e. The van der Waals surface area contributed by atoms with Gasteiger partial charge >= 0.3 is 24.1 Å². The van der Waals surface area contributed by atoms with Crippen LogP contribution in [0.15, 0.2) is 206 Å². The summed E-state index contributed by atoms with van der Waals surface area (Å²) >= 11 is 46.5. The molecule has 15 rings (SSSR count). The third-order valence-corrected chi connectivity index (χ3v) is 22.0. The van der Waals surface area contributed by atoms with E-state index in [1.54, 1.807) is 96.7 Å². The molecule has 0 aliphatic heterocycles. The summed E-state index contributed by atoms with van der Waals surface area (Å²) in [6.07, 6.45) is -4.94. The SMILES string of the molecule is CC(c1ccc(C(=O)NCCC(=O)O)cc1)n1nc(-c2cc(Cl)cc(Cl)c2)cc1-c1cc2cc(Cl)ccc2[nH]1.COc1ccc2nc(-c3cc(-c4cc(Cl)cc(Cl)c4)nn3Cc3ccc(C(=O)NCCC(=O)O)cc3)sc2c1.O=C(O)CCNC(=O)c1ccc(Cn2nc(-c3cc(Cl)cc(Cl)c3)cc2-c2nc3cc(C(F)(F)F)ccc3s2)cc1. The van der Waals surface area contributed by atoms with E-state index in [-0.39, 0.29) is 68.8 Å². The van der Waals surface area contributed by atoms with E-state index in [0.29, 0.717) is 96.4 Å². The molecule has 9 aromatic carbocycles. The fourth-order valence-electron chi connectivity index (χ4n) is 12.5. The summed E-state index contributed by atoms with van der Waals surface area (Å²) in [5.41, 5.74) is 12.4. The first-order valence-electron chi connectivity index (χ1n) is 36.1. The minimum Gasteiger partial charge on any atom is -0.497 e. The molecule has 34 heteroatoms. The number of methoxy groups -OCH3 is 1. The van der Waals surface area contributed by atoms with Gasteiger partial charge in [0.15, 0.2) is 0 Å². The molecule has 0 saturated heterocycles. The highest BCUT2D eigenvalue weighted by atomic mass is 35.5. The van der Waals surface area contributed by atoms with Gasteiger partial charge in [-0.2, -0.15) is 28.5 Å². The fraction of sp³-hybridized carbons (Fsp3) is 0.141. The van der Waals surface area contributed by atoms with Crippen LogP contribution in [0.2, 0.25) is 35.2 Å². The van der Waals surface area contributed by atoms with Crippen LogP contribution in [0.3, 0.4) is 0 Å². The number of aromatic amines is 1. The molecule has 0 aliphatic carbocycles. The van der Waals surface area contributed by atoms with Crippen LogP contribution in [-0.2, 0) is 33.6 Å². The number of rotatable bonds is 25. The van der Waals surface area contributed by atoms with Gasteiger partial charge in [-0.25, -0.2) is 9.97 Å². The first-order valence-corrected chi connectivity index (χ1v) is 40.3. The zero-order valence-corrected chi connectivity index (χ0v) is 69.2. The van der Waals surface area contributed by atoms with Crippen molar-refractivity contribution < 1.29 is 62.0 Å². The summed E-state index contributed by atoms with van der Waals surface area (Å²) in [5, 5.41) is 54.4. The summed E-state index contributed by atoms with van der Waals surface area (Å²) < 4.78 is 52.2. The third kappa shape index (κ3) is 21.6. The number of carbonyl (C=O) groups is 6. The Morgan fingerprint density at radius 1 is 0.462 bits per heavy atom. The van der Waals surface area contributed by atoms with Gasteiger partial charge in [0, 0.05) is 99.1 Å². The van der Waals surface area contributed by atoms with Crippen molar-refractivity contribution in [3.8, 4) is 72.3 Å². The van der Waals surface area contributed by atoms with E-state index >= 15 is 0 Å². The Morgan fingerprint density at radius 3 is 1.34 bits per heavy atom. The molecule has 119 heavy (non-hydrogen) atoms. The van der Waals surface area contributed by atoms with Crippen molar-refractivity contribution in [1.82, 2.24) is 60.2 Å².